The lowest BCUT2D eigenvalue weighted by Crippen LogP contribution is -2.47. The third-order valence-electron chi connectivity index (χ3n) is 2.45. The number of hydrogen-bond acceptors (Lipinski definition) is 1. The zero-order valence-corrected chi connectivity index (χ0v) is 9.28. The van der Waals surface area contributed by atoms with Crippen molar-refractivity contribution >= 4 is 21.8 Å². The first kappa shape index (κ1) is 10.0. The highest BCUT2D eigenvalue weighted by Gasteiger charge is 2.33. The molecule has 1 atom stereocenters. The van der Waals surface area contributed by atoms with Crippen molar-refractivity contribution in [3.8, 4) is 0 Å². The van der Waals surface area contributed by atoms with Crippen LogP contribution in [-0.2, 0) is 4.79 Å². The first-order chi connectivity index (χ1) is 5.61. The van der Waals surface area contributed by atoms with Crippen molar-refractivity contribution in [2.75, 3.05) is 5.33 Å². The van der Waals surface area contributed by atoms with Crippen molar-refractivity contribution in [1.82, 2.24) is 5.32 Å². The van der Waals surface area contributed by atoms with Gasteiger partial charge in [0.25, 0.3) is 0 Å². The standard InChI is InChI=1S/C9H16BrNO/c1-3-9(2,6-10)11-8(12)7-4-5-7/h7H,3-6H2,1-2H3,(H,11,12). The van der Waals surface area contributed by atoms with Gasteiger partial charge in [0.2, 0.25) is 5.91 Å². The van der Waals surface area contributed by atoms with Gasteiger partial charge in [-0.15, -0.1) is 0 Å². The van der Waals surface area contributed by atoms with E-state index < -0.39 is 0 Å². The van der Waals surface area contributed by atoms with Crippen molar-refractivity contribution in [3.63, 3.8) is 0 Å². The Balaban J connectivity index is 2.40. The van der Waals surface area contributed by atoms with Gasteiger partial charge in [-0.3, -0.25) is 4.79 Å². The molecule has 0 spiro atoms. The molecule has 1 rings (SSSR count). The normalized spacial score (nSPS) is 21.6. The number of hydrogen-bond donors (Lipinski definition) is 1. The summed E-state index contributed by atoms with van der Waals surface area (Å²) >= 11 is 3.42. The second-order valence-electron chi connectivity index (χ2n) is 3.81. The van der Waals surface area contributed by atoms with E-state index in [4.69, 9.17) is 0 Å². The number of nitrogens with one attached hydrogen (secondary N) is 1. The molecule has 0 radical (unpaired) electrons. The Labute approximate surface area is 82.2 Å². The fourth-order valence-corrected chi connectivity index (χ4v) is 1.50. The maximum absolute atomic E-state index is 11.4. The summed E-state index contributed by atoms with van der Waals surface area (Å²) in [5.41, 5.74) is -0.0559. The van der Waals surface area contributed by atoms with Gasteiger partial charge in [-0.05, 0) is 26.2 Å². The van der Waals surface area contributed by atoms with Gasteiger partial charge < -0.3 is 5.32 Å². The Morgan fingerprint density at radius 2 is 2.25 bits per heavy atom. The molecule has 1 saturated carbocycles. The zero-order valence-electron chi connectivity index (χ0n) is 7.69. The number of alkyl halides is 1. The van der Waals surface area contributed by atoms with E-state index in [2.05, 4.69) is 35.1 Å². The number of halogens is 1. The average Bonchev–Trinajstić information content (AvgIpc) is 2.86. The molecule has 0 saturated heterocycles. The van der Waals surface area contributed by atoms with Gasteiger partial charge in [0, 0.05) is 16.8 Å². The van der Waals surface area contributed by atoms with Crippen molar-refractivity contribution in [3.05, 3.63) is 0 Å². The van der Waals surface area contributed by atoms with Crippen molar-refractivity contribution in [1.29, 1.82) is 0 Å². The molecule has 1 unspecified atom stereocenters. The molecule has 1 aliphatic rings. The summed E-state index contributed by atoms with van der Waals surface area (Å²) in [5.74, 6) is 0.550. The highest BCUT2D eigenvalue weighted by molar-refractivity contribution is 9.09. The molecular weight excluding hydrogens is 218 g/mol. The molecule has 12 heavy (non-hydrogen) atoms. The predicted molar refractivity (Wildman–Crippen MR) is 53.4 cm³/mol. The molecule has 0 aliphatic heterocycles. The molecular formula is C9H16BrNO. The lowest BCUT2D eigenvalue weighted by atomic mass is 10.0. The van der Waals surface area contributed by atoms with Crippen LogP contribution in [0.5, 0.6) is 0 Å². The molecule has 0 aromatic rings. The molecule has 70 valence electrons. The Bertz CT molecular complexity index is 173. The van der Waals surface area contributed by atoms with Gasteiger partial charge in [0.15, 0.2) is 0 Å². The third kappa shape index (κ3) is 2.47. The van der Waals surface area contributed by atoms with E-state index in [1.807, 2.05) is 0 Å². The van der Waals surface area contributed by atoms with Crippen LogP contribution in [0.3, 0.4) is 0 Å². The molecule has 0 bridgehead atoms. The molecule has 0 heterocycles. The first-order valence-corrected chi connectivity index (χ1v) is 5.61. The van der Waals surface area contributed by atoms with E-state index in [0.717, 1.165) is 24.6 Å². The maximum atomic E-state index is 11.4. The summed E-state index contributed by atoms with van der Waals surface area (Å²) in [6.45, 7) is 4.16. The second kappa shape index (κ2) is 3.77. The van der Waals surface area contributed by atoms with Gasteiger partial charge in [-0.1, -0.05) is 22.9 Å². The largest absolute Gasteiger partial charge is 0.350 e. The van der Waals surface area contributed by atoms with E-state index in [9.17, 15) is 4.79 Å². The SMILES string of the molecule is CCC(C)(CBr)NC(=O)C1CC1. The van der Waals surface area contributed by atoms with Gasteiger partial charge in [0.1, 0.15) is 0 Å². The fourth-order valence-electron chi connectivity index (χ4n) is 0.961. The maximum Gasteiger partial charge on any atom is 0.223 e. The monoisotopic (exact) mass is 233 g/mol. The number of carbonyl (C=O) groups excluding carboxylic acids is 1. The molecule has 0 aromatic carbocycles. The molecule has 2 nitrogen and oxygen atoms in total. The van der Waals surface area contributed by atoms with Crippen LogP contribution in [0.1, 0.15) is 33.1 Å². The van der Waals surface area contributed by atoms with Crippen LogP contribution in [0.2, 0.25) is 0 Å². The zero-order chi connectivity index (χ0) is 9.19. The third-order valence-corrected chi connectivity index (χ3v) is 3.69. The van der Waals surface area contributed by atoms with E-state index in [-0.39, 0.29) is 11.4 Å². The average molecular weight is 234 g/mol. The van der Waals surface area contributed by atoms with Gasteiger partial charge >= 0.3 is 0 Å². The Morgan fingerprint density at radius 3 is 2.58 bits per heavy atom. The highest BCUT2D eigenvalue weighted by atomic mass is 79.9. The smallest absolute Gasteiger partial charge is 0.223 e. The summed E-state index contributed by atoms with van der Waals surface area (Å²) in [6, 6.07) is 0. The van der Waals surface area contributed by atoms with E-state index in [1.54, 1.807) is 0 Å². The van der Waals surface area contributed by atoms with Crippen molar-refractivity contribution in [2.45, 2.75) is 38.6 Å². The minimum Gasteiger partial charge on any atom is -0.350 e. The topological polar surface area (TPSA) is 29.1 Å². The van der Waals surface area contributed by atoms with Crippen LogP contribution in [-0.4, -0.2) is 16.8 Å². The van der Waals surface area contributed by atoms with Crippen LogP contribution in [0.25, 0.3) is 0 Å². The van der Waals surface area contributed by atoms with Crippen LogP contribution in [0.15, 0.2) is 0 Å². The van der Waals surface area contributed by atoms with E-state index in [1.165, 1.54) is 0 Å². The quantitative estimate of drug-likeness (QED) is 0.741. The Morgan fingerprint density at radius 1 is 1.67 bits per heavy atom. The molecule has 0 aromatic heterocycles. The number of rotatable bonds is 4. The molecule has 3 heteroatoms. The summed E-state index contributed by atoms with van der Waals surface area (Å²) in [4.78, 5) is 11.4. The van der Waals surface area contributed by atoms with Gasteiger partial charge in [-0.2, -0.15) is 0 Å². The fraction of sp³-hybridized carbons (Fsp3) is 0.889. The lowest BCUT2D eigenvalue weighted by molar-refractivity contribution is -0.123. The van der Waals surface area contributed by atoms with E-state index >= 15 is 0 Å². The number of amides is 1. The summed E-state index contributed by atoms with van der Waals surface area (Å²) in [7, 11) is 0. The van der Waals surface area contributed by atoms with Crippen LogP contribution < -0.4 is 5.32 Å². The molecule has 1 fully saturated rings. The Kier molecular flexibility index (Phi) is 3.16. The minimum atomic E-state index is -0.0559. The summed E-state index contributed by atoms with van der Waals surface area (Å²) in [5, 5.41) is 3.90. The van der Waals surface area contributed by atoms with Gasteiger partial charge in [0.05, 0.1) is 0 Å². The highest BCUT2D eigenvalue weighted by Crippen LogP contribution is 2.30. The summed E-state index contributed by atoms with van der Waals surface area (Å²) < 4.78 is 0. The summed E-state index contributed by atoms with van der Waals surface area (Å²) in [6.07, 6.45) is 3.12. The lowest BCUT2D eigenvalue weighted by Gasteiger charge is -2.27. The van der Waals surface area contributed by atoms with E-state index in [0.29, 0.717) is 5.92 Å². The molecule has 1 N–H and O–H groups in total. The van der Waals surface area contributed by atoms with Crippen molar-refractivity contribution < 1.29 is 4.79 Å². The Hall–Kier alpha value is -0.0500. The van der Waals surface area contributed by atoms with Crippen LogP contribution in [0, 0.1) is 5.92 Å². The van der Waals surface area contributed by atoms with Crippen molar-refractivity contribution in [2.24, 2.45) is 5.92 Å². The second-order valence-corrected chi connectivity index (χ2v) is 4.37. The minimum absolute atomic E-state index is 0.0559. The molecule has 1 aliphatic carbocycles. The first-order valence-electron chi connectivity index (χ1n) is 4.49. The van der Waals surface area contributed by atoms with Crippen LogP contribution >= 0.6 is 15.9 Å². The van der Waals surface area contributed by atoms with Gasteiger partial charge in [-0.25, -0.2) is 0 Å². The molecule has 1 amide bonds. The number of carbonyl (C=O) groups is 1. The predicted octanol–water partition coefficient (Wildman–Crippen LogP) is 2.08. The van der Waals surface area contributed by atoms with Crippen LogP contribution in [0.4, 0.5) is 0 Å².